The lowest BCUT2D eigenvalue weighted by atomic mass is 10.1. The summed E-state index contributed by atoms with van der Waals surface area (Å²) in [5, 5.41) is 0. The van der Waals surface area contributed by atoms with Gasteiger partial charge in [-0.2, -0.15) is 4.98 Å². The summed E-state index contributed by atoms with van der Waals surface area (Å²) in [7, 11) is 1.56. The van der Waals surface area contributed by atoms with Crippen LogP contribution in [-0.2, 0) is 0 Å². The van der Waals surface area contributed by atoms with Gasteiger partial charge in [-0.15, -0.1) is 0 Å². The molecule has 0 aliphatic carbocycles. The first-order valence-electron chi connectivity index (χ1n) is 6.19. The molecule has 0 aliphatic heterocycles. The fourth-order valence-electron chi connectivity index (χ4n) is 2.06. The molecular weight excluding hydrogens is 254 g/mol. The molecule has 0 N–H and O–H groups in total. The van der Waals surface area contributed by atoms with Crippen molar-refractivity contribution in [1.82, 2.24) is 14.4 Å². The Morgan fingerprint density at radius 3 is 2.60 bits per heavy atom. The van der Waals surface area contributed by atoms with Crippen molar-refractivity contribution < 1.29 is 9.53 Å². The van der Waals surface area contributed by atoms with Crippen LogP contribution in [0.4, 0.5) is 0 Å². The van der Waals surface area contributed by atoms with Gasteiger partial charge in [-0.25, -0.2) is 4.98 Å². The van der Waals surface area contributed by atoms with Crippen molar-refractivity contribution in [3.8, 4) is 5.88 Å². The van der Waals surface area contributed by atoms with Crippen molar-refractivity contribution in [2.24, 2.45) is 0 Å². The number of imidazole rings is 1. The molecule has 100 valence electrons. The number of fused-ring (bicyclic) bond motifs is 1. The zero-order valence-electron chi connectivity index (χ0n) is 11.2. The van der Waals surface area contributed by atoms with E-state index in [9.17, 15) is 4.79 Å². The van der Waals surface area contributed by atoms with Crippen LogP contribution >= 0.6 is 0 Å². The van der Waals surface area contributed by atoms with Crippen LogP contribution in [0.5, 0.6) is 5.88 Å². The third-order valence-electron chi connectivity index (χ3n) is 3.05. The van der Waals surface area contributed by atoms with E-state index in [4.69, 9.17) is 4.74 Å². The largest absolute Gasteiger partial charge is 0.481 e. The van der Waals surface area contributed by atoms with Gasteiger partial charge in [0, 0.05) is 23.5 Å². The van der Waals surface area contributed by atoms with Gasteiger partial charge in [0.05, 0.1) is 7.11 Å². The predicted octanol–water partition coefficient (Wildman–Crippen LogP) is 2.28. The highest BCUT2D eigenvalue weighted by Gasteiger charge is 2.14. The summed E-state index contributed by atoms with van der Waals surface area (Å²) in [4.78, 5) is 20.8. The van der Waals surface area contributed by atoms with Gasteiger partial charge >= 0.3 is 0 Å². The minimum atomic E-state index is -0.118. The summed E-state index contributed by atoms with van der Waals surface area (Å²) in [6.07, 6.45) is 3.53. The van der Waals surface area contributed by atoms with Crippen molar-refractivity contribution in [3.63, 3.8) is 0 Å². The summed E-state index contributed by atoms with van der Waals surface area (Å²) in [5.41, 5.74) is 1.87. The Balaban J connectivity index is 2.07. The second-order valence-corrected chi connectivity index (χ2v) is 4.46. The van der Waals surface area contributed by atoms with Gasteiger partial charge in [0.15, 0.2) is 0 Å². The van der Waals surface area contributed by atoms with Crippen LogP contribution in [0.3, 0.4) is 0 Å². The van der Waals surface area contributed by atoms with Gasteiger partial charge in [-0.1, -0.05) is 30.3 Å². The molecule has 2 aromatic heterocycles. The maximum absolute atomic E-state index is 12.3. The molecule has 0 saturated carbocycles. The highest BCUT2D eigenvalue weighted by molar-refractivity contribution is 6.07. The average Bonchev–Trinajstić information content (AvgIpc) is 2.89. The molecule has 3 aromatic rings. The number of aryl methyl sites for hydroxylation is 1. The number of carbonyl (C=O) groups is 1. The fraction of sp³-hybridized carbons (Fsp3) is 0.133. The lowest BCUT2D eigenvalue weighted by Gasteiger charge is -2.02. The number of hydrogen-bond acceptors (Lipinski definition) is 4. The second-order valence-electron chi connectivity index (χ2n) is 4.46. The fourth-order valence-corrected chi connectivity index (χ4v) is 2.06. The number of carbonyl (C=O) groups excluding carboxylic acids is 1. The quantitative estimate of drug-likeness (QED) is 0.683. The van der Waals surface area contributed by atoms with Crippen LogP contribution in [0.25, 0.3) is 5.78 Å². The first-order chi connectivity index (χ1) is 9.69. The molecule has 0 radical (unpaired) electrons. The van der Waals surface area contributed by atoms with E-state index in [1.54, 1.807) is 29.8 Å². The average molecular weight is 267 g/mol. The van der Waals surface area contributed by atoms with Gasteiger partial charge in [-0.3, -0.25) is 9.20 Å². The standard InChI is InChI=1S/C15H13N3O2/c1-10-8-18-9-12(16-15(18)17-14(10)20-2)13(19)11-6-4-3-5-7-11/h3-9H,1-2H3. The van der Waals surface area contributed by atoms with Crippen LogP contribution in [0, 0.1) is 6.92 Å². The summed E-state index contributed by atoms with van der Waals surface area (Å²) in [6, 6.07) is 9.07. The Labute approximate surface area is 115 Å². The lowest BCUT2D eigenvalue weighted by molar-refractivity contribution is 0.103. The zero-order chi connectivity index (χ0) is 14.1. The smallest absolute Gasteiger partial charge is 0.237 e. The van der Waals surface area contributed by atoms with Crippen LogP contribution in [-0.4, -0.2) is 27.3 Å². The number of methoxy groups -OCH3 is 1. The van der Waals surface area contributed by atoms with Crippen molar-refractivity contribution in [3.05, 3.63) is 59.5 Å². The lowest BCUT2D eigenvalue weighted by Crippen LogP contribution is -2.00. The molecule has 0 bridgehead atoms. The number of benzene rings is 1. The van der Waals surface area contributed by atoms with Crippen LogP contribution < -0.4 is 4.74 Å². The van der Waals surface area contributed by atoms with Crippen LogP contribution in [0.1, 0.15) is 21.6 Å². The molecule has 5 heteroatoms. The summed E-state index contributed by atoms with van der Waals surface area (Å²) < 4.78 is 6.89. The Bertz CT molecular complexity index is 778. The SMILES string of the molecule is COc1nc2nc(C(=O)c3ccccc3)cn2cc1C. The van der Waals surface area contributed by atoms with Crippen molar-refractivity contribution in [2.45, 2.75) is 6.92 Å². The Kier molecular flexibility index (Phi) is 2.95. The van der Waals surface area contributed by atoms with Gasteiger partial charge in [0.1, 0.15) is 5.69 Å². The highest BCUT2D eigenvalue weighted by Crippen LogP contribution is 2.16. The van der Waals surface area contributed by atoms with Crippen molar-refractivity contribution >= 4 is 11.6 Å². The third kappa shape index (κ3) is 2.03. The molecule has 0 saturated heterocycles. The number of ether oxygens (including phenoxy) is 1. The molecule has 0 aliphatic rings. The Morgan fingerprint density at radius 1 is 1.15 bits per heavy atom. The first kappa shape index (κ1) is 12.3. The molecule has 3 rings (SSSR count). The maximum Gasteiger partial charge on any atom is 0.237 e. The van der Waals surface area contributed by atoms with E-state index < -0.39 is 0 Å². The minimum Gasteiger partial charge on any atom is -0.481 e. The zero-order valence-corrected chi connectivity index (χ0v) is 11.2. The van der Waals surface area contributed by atoms with Gasteiger partial charge in [-0.05, 0) is 6.92 Å². The molecule has 0 unspecified atom stereocenters. The number of aromatic nitrogens is 3. The Hall–Kier alpha value is -2.69. The van der Waals surface area contributed by atoms with Crippen molar-refractivity contribution in [1.29, 1.82) is 0 Å². The van der Waals surface area contributed by atoms with Crippen molar-refractivity contribution in [2.75, 3.05) is 7.11 Å². The van der Waals surface area contributed by atoms with Gasteiger partial charge in [0.25, 0.3) is 0 Å². The van der Waals surface area contributed by atoms with Crippen LogP contribution in [0.2, 0.25) is 0 Å². The number of hydrogen-bond donors (Lipinski definition) is 0. The molecule has 0 atom stereocenters. The highest BCUT2D eigenvalue weighted by atomic mass is 16.5. The maximum atomic E-state index is 12.3. The van der Waals surface area contributed by atoms with E-state index in [1.807, 2.05) is 31.3 Å². The first-order valence-corrected chi connectivity index (χ1v) is 6.19. The van der Waals surface area contributed by atoms with Crippen LogP contribution in [0.15, 0.2) is 42.7 Å². The summed E-state index contributed by atoms with van der Waals surface area (Å²) in [5.74, 6) is 0.848. The van der Waals surface area contributed by atoms with E-state index in [2.05, 4.69) is 9.97 Å². The van der Waals surface area contributed by atoms with E-state index in [-0.39, 0.29) is 5.78 Å². The number of nitrogens with zero attached hydrogens (tertiary/aromatic N) is 3. The van der Waals surface area contributed by atoms with E-state index in [0.717, 1.165) is 5.56 Å². The third-order valence-corrected chi connectivity index (χ3v) is 3.05. The molecule has 5 nitrogen and oxygen atoms in total. The summed E-state index contributed by atoms with van der Waals surface area (Å²) >= 11 is 0. The second kappa shape index (κ2) is 4.77. The number of rotatable bonds is 3. The van der Waals surface area contributed by atoms with E-state index >= 15 is 0 Å². The molecule has 1 aromatic carbocycles. The molecule has 0 fully saturated rings. The van der Waals surface area contributed by atoms with Gasteiger partial charge in [0.2, 0.25) is 17.4 Å². The molecule has 0 amide bonds. The molecule has 20 heavy (non-hydrogen) atoms. The van der Waals surface area contributed by atoms with E-state index in [1.165, 1.54) is 0 Å². The normalized spacial score (nSPS) is 10.7. The monoisotopic (exact) mass is 267 g/mol. The van der Waals surface area contributed by atoms with Gasteiger partial charge < -0.3 is 4.74 Å². The number of ketones is 1. The Morgan fingerprint density at radius 2 is 1.90 bits per heavy atom. The minimum absolute atomic E-state index is 0.118. The summed E-state index contributed by atoms with van der Waals surface area (Å²) in [6.45, 7) is 1.89. The molecule has 0 spiro atoms. The van der Waals surface area contributed by atoms with E-state index in [0.29, 0.717) is 22.9 Å². The predicted molar refractivity (Wildman–Crippen MR) is 74.2 cm³/mol. The topological polar surface area (TPSA) is 56.5 Å². The molecule has 2 heterocycles. The molecular formula is C15H13N3O2.